The molecule has 0 saturated carbocycles. The molecule has 32 heavy (non-hydrogen) atoms. The van der Waals surface area contributed by atoms with Crippen LogP contribution >= 0.6 is 0 Å². The number of hydrogen-bond donors (Lipinski definition) is 0. The van der Waals surface area contributed by atoms with Crippen LogP contribution < -0.4 is 4.90 Å². The van der Waals surface area contributed by atoms with Crippen molar-refractivity contribution in [2.75, 3.05) is 11.9 Å². The molecule has 0 unspecified atom stereocenters. The van der Waals surface area contributed by atoms with Gasteiger partial charge in [0.25, 0.3) is 11.8 Å². The van der Waals surface area contributed by atoms with E-state index >= 15 is 0 Å². The van der Waals surface area contributed by atoms with Gasteiger partial charge in [0.1, 0.15) is 5.57 Å². The maximum absolute atomic E-state index is 13.2. The normalized spacial score (nSPS) is 15.8. The summed E-state index contributed by atoms with van der Waals surface area (Å²) in [6, 6.07) is 16.2. The van der Waals surface area contributed by atoms with Crippen LogP contribution in [0.15, 0.2) is 60.2 Å². The minimum atomic E-state index is -0.663. The van der Waals surface area contributed by atoms with Crippen molar-refractivity contribution in [1.29, 1.82) is 0 Å². The molecule has 1 fully saturated rings. The number of nitrogens with zero attached hydrogens (tertiary/aromatic N) is 3. The number of imide groups is 2. The highest BCUT2D eigenvalue weighted by molar-refractivity contribution is 6.39. The lowest BCUT2D eigenvalue weighted by molar-refractivity contribution is -0.128. The van der Waals surface area contributed by atoms with Gasteiger partial charge < -0.3 is 4.57 Å². The molecule has 1 aliphatic rings. The average molecular weight is 428 g/mol. The van der Waals surface area contributed by atoms with E-state index in [-0.39, 0.29) is 5.57 Å². The Kier molecular flexibility index (Phi) is 5.30. The third-order valence-electron chi connectivity index (χ3n) is 5.70. The summed E-state index contributed by atoms with van der Waals surface area (Å²) < 4.78 is 2.11. The van der Waals surface area contributed by atoms with Gasteiger partial charge in [-0.25, -0.2) is 9.69 Å². The number of amides is 4. The Labute approximate surface area is 187 Å². The van der Waals surface area contributed by atoms with Gasteiger partial charge in [-0.1, -0.05) is 24.3 Å². The predicted molar refractivity (Wildman–Crippen MR) is 125 cm³/mol. The molecule has 4 amide bonds. The first kappa shape index (κ1) is 21.3. The lowest BCUT2D eigenvalue weighted by atomic mass is 10.1. The maximum Gasteiger partial charge on any atom is 0.338 e. The van der Waals surface area contributed by atoms with Gasteiger partial charge in [-0.15, -0.1) is 0 Å². The van der Waals surface area contributed by atoms with Crippen LogP contribution in [0, 0.1) is 27.7 Å². The van der Waals surface area contributed by atoms with Crippen LogP contribution in [0.25, 0.3) is 11.8 Å². The van der Waals surface area contributed by atoms with E-state index in [0.29, 0.717) is 5.69 Å². The number of carbonyl (C=O) groups is 3. The second kappa shape index (κ2) is 7.96. The van der Waals surface area contributed by atoms with Crippen LogP contribution in [0.4, 0.5) is 10.5 Å². The van der Waals surface area contributed by atoms with E-state index in [4.69, 9.17) is 0 Å². The van der Waals surface area contributed by atoms with Crippen molar-refractivity contribution in [1.82, 2.24) is 9.47 Å². The Morgan fingerprint density at radius 1 is 0.750 bits per heavy atom. The van der Waals surface area contributed by atoms with Crippen LogP contribution in [0.1, 0.15) is 28.1 Å². The number of likely N-dealkylation sites (N-methyl/N-ethyl adjacent to an activating group) is 1. The Hall–Kier alpha value is -3.93. The Bertz CT molecular complexity index is 1260. The molecule has 162 valence electrons. The lowest BCUT2D eigenvalue weighted by Gasteiger charge is -2.31. The summed E-state index contributed by atoms with van der Waals surface area (Å²) in [6.45, 7) is 8.05. The highest BCUT2D eigenvalue weighted by atomic mass is 16.2. The third-order valence-corrected chi connectivity index (χ3v) is 5.70. The molecule has 2 heterocycles. The fourth-order valence-corrected chi connectivity index (χ4v) is 4.21. The van der Waals surface area contributed by atoms with E-state index in [0.717, 1.165) is 43.6 Å². The molecule has 0 bridgehead atoms. The quantitative estimate of drug-likeness (QED) is 0.449. The maximum atomic E-state index is 13.2. The first-order valence-electron chi connectivity index (χ1n) is 10.4. The van der Waals surface area contributed by atoms with Crippen LogP contribution in [-0.2, 0) is 9.59 Å². The Morgan fingerprint density at radius 3 is 2.00 bits per heavy atom. The highest BCUT2D eigenvalue weighted by Crippen LogP contribution is 2.28. The van der Waals surface area contributed by atoms with Crippen molar-refractivity contribution in [3.63, 3.8) is 0 Å². The monoisotopic (exact) mass is 427 g/mol. The number of anilines is 1. The third kappa shape index (κ3) is 3.54. The van der Waals surface area contributed by atoms with Crippen molar-refractivity contribution >= 4 is 29.6 Å². The SMILES string of the molecule is Cc1cc(C)cc(-n2c(C)cc(/C=C3\C(=O)N(C)C(=O)N(c4ccccc4)C3=O)c2C)c1. The molecule has 0 radical (unpaired) electrons. The van der Waals surface area contributed by atoms with Gasteiger partial charge in [0.15, 0.2) is 0 Å². The molecule has 6 heteroatoms. The zero-order valence-electron chi connectivity index (χ0n) is 18.8. The minimum Gasteiger partial charge on any atom is -0.318 e. The van der Waals surface area contributed by atoms with Gasteiger partial charge in [0, 0.05) is 24.1 Å². The zero-order chi connectivity index (χ0) is 23.2. The molecule has 0 aliphatic carbocycles. The molecule has 2 aromatic carbocycles. The van der Waals surface area contributed by atoms with Crippen LogP contribution in [0.2, 0.25) is 0 Å². The van der Waals surface area contributed by atoms with Crippen molar-refractivity contribution in [3.05, 3.63) is 88.2 Å². The van der Waals surface area contributed by atoms with Crippen molar-refractivity contribution in [2.24, 2.45) is 0 Å². The molecular formula is C26H25N3O3. The largest absolute Gasteiger partial charge is 0.338 e. The number of rotatable bonds is 3. The first-order valence-corrected chi connectivity index (χ1v) is 10.4. The van der Waals surface area contributed by atoms with Gasteiger partial charge >= 0.3 is 6.03 Å². The summed E-state index contributed by atoms with van der Waals surface area (Å²) in [5.74, 6) is -1.23. The topological polar surface area (TPSA) is 62.6 Å². The summed E-state index contributed by atoms with van der Waals surface area (Å²) in [4.78, 5) is 40.8. The number of barbiturate groups is 1. The molecular weight excluding hydrogens is 402 g/mol. The predicted octanol–water partition coefficient (Wildman–Crippen LogP) is 4.72. The van der Waals surface area contributed by atoms with E-state index in [9.17, 15) is 14.4 Å². The molecule has 0 atom stereocenters. The van der Waals surface area contributed by atoms with Crippen molar-refractivity contribution in [3.8, 4) is 5.69 Å². The van der Waals surface area contributed by atoms with E-state index in [1.165, 1.54) is 7.05 Å². The van der Waals surface area contributed by atoms with E-state index < -0.39 is 17.8 Å². The number of urea groups is 1. The molecule has 4 rings (SSSR count). The Morgan fingerprint density at radius 2 is 1.38 bits per heavy atom. The second-order valence-electron chi connectivity index (χ2n) is 8.19. The summed E-state index contributed by atoms with van der Waals surface area (Å²) in [5.41, 5.74) is 6.37. The number of aromatic nitrogens is 1. The zero-order valence-corrected chi connectivity index (χ0v) is 18.8. The number of benzene rings is 2. The van der Waals surface area contributed by atoms with Gasteiger partial charge in [-0.3, -0.25) is 14.5 Å². The molecule has 3 aromatic rings. The number of aryl methyl sites for hydroxylation is 3. The summed E-state index contributed by atoms with van der Waals surface area (Å²) in [7, 11) is 1.39. The van der Waals surface area contributed by atoms with E-state index in [1.54, 1.807) is 36.4 Å². The van der Waals surface area contributed by atoms with Crippen LogP contribution in [-0.4, -0.2) is 34.4 Å². The van der Waals surface area contributed by atoms with Crippen LogP contribution in [0.3, 0.4) is 0 Å². The minimum absolute atomic E-state index is 0.0448. The molecule has 1 aromatic heterocycles. The van der Waals surface area contributed by atoms with Gasteiger partial charge in [0.05, 0.1) is 5.69 Å². The fourth-order valence-electron chi connectivity index (χ4n) is 4.21. The summed E-state index contributed by atoms with van der Waals surface area (Å²) >= 11 is 0. The molecule has 0 N–H and O–H groups in total. The standard InChI is InChI=1S/C26H25N3O3/c1-16-11-17(2)13-22(12-16)28-18(3)14-20(19(28)4)15-23-24(30)27(5)26(32)29(25(23)31)21-9-7-6-8-10-21/h6-15H,1-5H3/b23-15+. The van der Waals surface area contributed by atoms with E-state index in [2.05, 4.69) is 36.6 Å². The number of carbonyl (C=O) groups excluding carboxylic acids is 3. The van der Waals surface area contributed by atoms with Crippen molar-refractivity contribution in [2.45, 2.75) is 27.7 Å². The fraction of sp³-hybridized carbons (Fsp3) is 0.192. The van der Waals surface area contributed by atoms with Gasteiger partial charge in [0.2, 0.25) is 0 Å². The van der Waals surface area contributed by atoms with E-state index in [1.807, 2.05) is 19.9 Å². The molecule has 1 saturated heterocycles. The molecule has 0 spiro atoms. The second-order valence-corrected chi connectivity index (χ2v) is 8.19. The summed E-state index contributed by atoms with van der Waals surface area (Å²) in [5, 5.41) is 0. The number of para-hydroxylation sites is 1. The molecule has 6 nitrogen and oxygen atoms in total. The molecule has 1 aliphatic heterocycles. The highest BCUT2D eigenvalue weighted by Gasteiger charge is 2.41. The first-order chi connectivity index (χ1) is 15.2. The van der Waals surface area contributed by atoms with Crippen LogP contribution in [0.5, 0.6) is 0 Å². The average Bonchev–Trinajstić information content (AvgIpc) is 3.03. The number of hydrogen-bond acceptors (Lipinski definition) is 3. The summed E-state index contributed by atoms with van der Waals surface area (Å²) in [6.07, 6.45) is 1.59. The Balaban J connectivity index is 1.81. The van der Waals surface area contributed by atoms with Crippen molar-refractivity contribution < 1.29 is 14.4 Å². The smallest absolute Gasteiger partial charge is 0.318 e. The van der Waals surface area contributed by atoms with Gasteiger partial charge in [-0.05, 0) is 80.8 Å². The van der Waals surface area contributed by atoms with Gasteiger partial charge in [-0.2, -0.15) is 0 Å². The lowest BCUT2D eigenvalue weighted by Crippen LogP contribution is -2.55.